The Kier molecular flexibility index (Phi) is 6.77. The van der Waals surface area contributed by atoms with Gasteiger partial charge in [-0.3, -0.25) is 4.79 Å². The van der Waals surface area contributed by atoms with Crippen LogP contribution in [0.2, 0.25) is 0 Å². The standard InChI is InChI=1S/C23H24F4N8O3/c1-38-21-20-15(13-2-3-16-17(8-13)35(32-30-16)14(9-24)10-25)4-7-34(20)31-22(29-21)28-18-5-6-33(19(37)11-36)12-23(18,26)27/h2-4,7-8,14,18,36H,5-6,9-12H2,1H3,(H,28,31)/t18-/m1/s1. The Labute approximate surface area is 213 Å². The number of ether oxygens (including phenoxy) is 1. The number of anilines is 1. The van der Waals surface area contributed by atoms with Crippen LogP contribution in [0.15, 0.2) is 30.5 Å². The summed E-state index contributed by atoms with van der Waals surface area (Å²) in [6, 6.07) is 4.39. The highest BCUT2D eigenvalue weighted by Gasteiger charge is 2.46. The number of nitrogens with zero attached hydrogens (tertiary/aromatic N) is 7. The second kappa shape index (κ2) is 10.0. The SMILES string of the molecule is COc1nc(N[C@@H]2CCN(C(=O)CO)CC2(F)F)nn2ccc(-c3ccc4nnn(C(CF)CF)c4c3)c12. The number of alkyl halides is 4. The minimum atomic E-state index is -3.29. The van der Waals surface area contributed by atoms with Gasteiger partial charge in [-0.1, -0.05) is 11.3 Å². The zero-order chi connectivity index (χ0) is 27.0. The third-order valence-corrected chi connectivity index (χ3v) is 6.55. The number of aromatic nitrogens is 6. The van der Waals surface area contributed by atoms with Gasteiger partial charge in [-0.05, 0) is 30.2 Å². The summed E-state index contributed by atoms with van der Waals surface area (Å²) in [5.41, 5.74) is 2.62. The maximum absolute atomic E-state index is 14.8. The van der Waals surface area contributed by atoms with Crippen molar-refractivity contribution in [3.05, 3.63) is 30.5 Å². The number of aliphatic hydroxyl groups excluding tert-OH is 1. The molecule has 1 aromatic carbocycles. The van der Waals surface area contributed by atoms with Gasteiger partial charge in [0.2, 0.25) is 17.7 Å². The van der Waals surface area contributed by atoms with Gasteiger partial charge in [0.05, 0.1) is 25.2 Å². The second-order valence-corrected chi connectivity index (χ2v) is 8.89. The van der Waals surface area contributed by atoms with Crippen LogP contribution < -0.4 is 10.1 Å². The summed E-state index contributed by atoms with van der Waals surface area (Å²) in [6.45, 7) is -3.52. The van der Waals surface area contributed by atoms with Crippen molar-refractivity contribution < 1.29 is 32.2 Å². The van der Waals surface area contributed by atoms with Gasteiger partial charge in [0.15, 0.2) is 0 Å². The lowest BCUT2D eigenvalue weighted by Gasteiger charge is -2.38. The number of methoxy groups -OCH3 is 1. The van der Waals surface area contributed by atoms with Crippen molar-refractivity contribution in [3.63, 3.8) is 0 Å². The number of rotatable bonds is 8. The number of piperidine rings is 1. The molecule has 1 fully saturated rings. The lowest BCUT2D eigenvalue weighted by molar-refractivity contribution is -0.145. The highest BCUT2D eigenvalue weighted by Crippen LogP contribution is 2.34. The zero-order valence-corrected chi connectivity index (χ0v) is 20.2. The Bertz CT molecular complexity index is 1470. The Hall–Kier alpha value is -4.01. The van der Waals surface area contributed by atoms with E-state index >= 15 is 0 Å². The normalized spacial score (nSPS) is 17.4. The number of carbonyl (C=O) groups excluding carboxylic acids is 1. The molecule has 0 saturated carbocycles. The first-order valence-electron chi connectivity index (χ1n) is 11.7. The Morgan fingerprint density at radius 1 is 1.29 bits per heavy atom. The number of nitrogens with one attached hydrogen (secondary N) is 1. The summed E-state index contributed by atoms with van der Waals surface area (Å²) in [6.07, 6.45) is 1.52. The van der Waals surface area contributed by atoms with E-state index in [9.17, 15) is 22.4 Å². The van der Waals surface area contributed by atoms with E-state index in [0.717, 1.165) is 4.90 Å². The monoisotopic (exact) mass is 536 g/mol. The number of likely N-dealkylation sites (tertiary alicyclic amines) is 1. The molecule has 5 rings (SSSR count). The van der Waals surface area contributed by atoms with Crippen molar-refractivity contribution in [1.82, 2.24) is 34.5 Å². The molecule has 0 unspecified atom stereocenters. The highest BCUT2D eigenvalue weighted by atomic mass is 19.3. The van der Waals surface area contributed by atoms with E-state index in [-0.39, 0.29) is 24.8 Å². The van der Waals surface area contributed by atoms with Crippen molar-refractivity contribution in [3.8, 4) is 17.0 Å². The summed E-state index contributed by atoms with van der Waals surface area (Å²) < 4.78 is 64.2. The molecule has 2 N–H and O–H groups in total. The van der Waals surface area contributed by atoms with Gasteiger partial charge in [0, 0.05) is 18.3 Å². The molecule has 1 atom stereocenters. The van der Waals surface area contributed by atoms with Gasteiger partial charge in [-0.25, -0.2) is 26.8 Å². The fourth-order valence-corrected chi connectivity index (χ4v) is 4.56. The van der Waals surface area contributed by atoms with Crippen LogP contribution in [0.5, 0.6) is 5.88 Å². The van der Waals surface area contributed by atoms with E-state index in [1.165, 1.54) is 16.3 Å². The molecule has 4 aromatic rings. The minimum Gasteiger partial charge on any atom is -0.479 e. The number of carbonyl (C=O) groups is 1. The smallest absolute Gasteiger partial charge is 0.285 e. The molecule has 202 valence electrons. The van der Waals surface area contributed by atoms with Gasteiger partial charge in [-0.2, -0.15) is 4.98 Å². The van der Waals surface area contributed by atoms with Crippen molar-refractivity contribution >= 4 is 28.4 Å². The van der Waals surface area contributed by atoms with Crippen molar-refractivity contribution in [1.29, 1.82) is 0 Å². The first kappa shape index (κ1) is 25.6. The molecule has 11 nitrogen and oxygen atoms in total. The second-order valence-electron chi connectivity index (χ2n) is 8.89. The average molecular weight is 536 g/mol. The molecule has 1 saturated heterocycles. The number of amides is 1. The number of fused-ring (bicyclic) bond motifs is 2. The van der Waals surface area contributed by atoms with E-state index in [1.54, 1.807) is 30.5 Å². The van der Waals surface area contributed by atoms with E-state index in [1.807, 2.05) is 0 Å². The fourth-order valence-electron chi connectivity index (χ4n) is 4.56. The third kappa shape index (κ3) is 4.46. The van der Waals surface area contributed by atoms with Crippen molar-refractivity contribution in [2.45, 2.75) is 24.4 Å². The molecule has 1 amide bonds. The molecule has 0 bridgehead atoms. The van der Waals surface area contributed by atoms with Crippen LogP contribution in [0, 0.1) is 0 Å². The van der Waals surface area contributed by atoms with Crippen LogP contribution in [0.25, 0.3) is 27.7 Å². The van der Waals surface area contributed by atoms with E-state index in [4.69, 9.17) is 9.84 Å². The fraction of sp³-hybridized carbons (Fsp3) is 0.435. The summed E-state index contributed by atoms with van der Waals surface area (Å²) in [4.78, 5) is 16.8. The van der Waals surface area contributed by atoms with Crippen LogP contribution in [0.1, 0.15) is 12.5 Å². The molecular formula is C23H24F4N8O3. The van der Waals surface area contributed by atoms with Gasteiger partial charge in [0.1, 0.15) is 37.0 Å². The van der Waals surface area contributed by atoms with E-state index < -0.39 is 50.4 Å². The number of aliphatic hydroxyl groups is 1. The molecular weight excluding hydrogens is 512 g/mol. The molecule has 38 heavy (non-hydrogen) atoms. The lowest BCUT2D eigenvalue weighted by atomic mass is 10.0. The number of hydrogen-bond acceptors (Lipinski definition) is 8. The Balaban J connectivity index is 1.47. The minimum absolute atomic E-state index is 0.0410. The third-order valence-electron chi connectivity index (χ3n) is 6.55. The molecule has 4 heterocycles. The summed E-state index contributed by atoms with van der Waals surface area (Å²) in [5, 5.41) is 23.8. The van der Waals surface area contributed by atoms with Gasteiger partial charge in [0.25, 0.3) is 5.92 Å². The quantitative estimate of drug-likeness (QED) is 0.329. The van der Waals surface area contributed by atoms with Crippen molar-refractivity contribution in [2.75, 3.05) is 45.5 Å². The molecule has 0 radical (unpaired) electrons. The Morgan fingerprint density at radius 2 is 2.08 bits per heavy atom. The molecule has 1 aliphatic rings. The number of benzene rings is 1. The number of hydrogen-bond donors (Lipinski definition) is 2. The molecule has 3 aromatic heterocycles. The summed E-state index contributed by atoms with van der Waals surface area (Å²) in [5.74, 6) is -4.05. The molecule has 15 heteroatoms. The maximum Gasteiger partial charge on any atom is 0.285 e. The average Bonchev–Trinajstić information content (AvgIpc) is 3.54. The van der Waals surface area contributed by atoms with Crippen LogP contribution in [-0.4, -0.2) is 97.6 Å². The number of halogens is 4. The Morgan fingerprint density at radius 3 is 2.76 bits per heavy atom. The first-order chi connectivity index (χ1) is 18.3. The van der Waals surface area contributed by atoms with E-state index in [0.29, 0.717) is 27.7 Å². The maximum atomic E-state index is 14.8. The first-order valence-corrected chi connectivity index (χ1v) is 11.7. The summed E-state index contributed by atoms with van der Waals surface area (Å²) in [7, 11) is 1.38. The van der Waals surface area contributed by atoms with Crippen LogP contribution in [-0.2, 0) is 4.79 Å². The topological polar surface area (TPSA) is 123 Å². The van der Waals surface area contributed by atoms with Crippen LogP contribution in [0.4, 0.5) is 23.5 Å². The summed E-state index contributed by atoms with van der Waals surface area (Å²) >= 11 is 0. The molecule has 0 spiro atoms. The zero-order valence-electron chi connectivity index (χ0n) is 20.2. The van der Waals surface area contributed by atoms with Gasteiger partial charge < -0.3 is 20.1 Å². The van der Waals surface area contributed by atoms with Gasteiger partial charge >= 0.3 is 0 Å². The molecule has 1 aliphatic heterocycles. The van der Waals surface area contributed by atoms with Crippen molar-refractivity contribution in [2.24, 2.45) is 0 Å². The van der Waals surface area contributed by atoms with Gasteiger partial charge in [-0.15, -0.1) is 10.2 Å². The predicted molar refractivity (Wildman–Crippen MR) is 128 cm³/mol. The van der Waals surface area contributed by atoms with Crippen LogP contribution >= 0.6 is 0 Å². The highest BCUT2D eigenvalue weighted by molar-refractivity contribution is 5.89. The molecule has 0 aliphatic carbocycles. The lowest BCUT2D eigenvalue weighted by Crippen LogP contribution is -2.56. The van der Waals surface area contributed by atoms with Crippen LogP contribution in [0.3, 0.4) is 0 Å². The predicted octanol–water partition coefficient (Wildman–Crippen LogP) is 2.27. The largest absolute Gasteiger partial charge is 0.479 e. The van der Waals surface area contributed by atoms with E-state index in [2.05, 4.69) is 25.7 Å².